The second kappa shape index (κ2) is 16.5. The summed E-state index contributed by atoms with van der Waals surface area (Å²) in [5.41, 5.74) is 7.36. The number of rotatable bonds is 6. The zero-order valence-electron chi connectivity index (χ0n) is 33.5. The van der Waals surface area contributed by atoms with Crippen LogP contribution in [0, 0.1) is 34.8 Å². The number of benzene rings is 6. The first-order chi connectivity index (χ1) is 28.8. The van der Waals surface area contributed by atoms with Gasteiger partial charge in [-0.25, -0.2) is 8.42 Å². The standard InChI is InChI=1S/C15H15F5IS.C14H10F5NS.C8H7N.C7H8O3S/c1-10-8-11(2)15(12(3)9-10)21-13-4-6-14(7-5-13)22(16,17,18,19)20;15-21(16,17,18,19)11-7-5-10(6-8-11)13-9-20-14-4-2-1-3-12(13)14;1-2-4-8-7(3-1)5-6-9-8;1-6-2-4-7(5-3-6)11(8,9)10/h4-9H,1-3H3;1-9,20H;1-6,9H;2-5H,1H3,(H,8,9,10)/q-1;;;/p-1. The summed E-state index contributed by atoms with van der Waals surface area (Å²) in [6.45, 7) is 7.71. The van der Waals surface area contributed by atoms with Crippen LogP contribution in [-0.2, 0) is 10.1 Å². The van der Waals surface area contributed by atoms with Crippen LogP contribution in [0.1, 0.15) is 22.3 Å². The molecule has 2 aromatic heterocycles. The van der Waals surface area contributed by atoms with E-state index < -0.39 is 61.6 Å². The van der Waals surface area contributed by atoms with Crippen molar-refractivity contribution in [3.05, 3.63) is 181 Å². The van der Waals surface area contributed by atoms with Gasteiger partial charge in [0.25, 0.3) is 0 Å². The molecule has 0 aliphatic rings. The number of para-hydroxylation sites is 2. The molecule has 63 heavy (non-hydrogen) atoms. The largest absolute Gasteiger partial charge is 0.744 e. The van der Waals surface area contributed by atoms with Gasteiger partial charge in [0, 0.05) is 34.4 Å². The molecule has 8 rings (SSSR count). The second-order valence-corrected chi connectivity index (χ2v) is 23.4. The summed E-state index contributed by atoms with van der Waals surface area (Å²) in [7, 11) is -23.4. The summed E-state index contributed by atoms with van der Waals surface area (Å²) in [4.78, 5) is 2.22. The molecular formula is C44H39F10IN2O3S3-2. The minimum Gasteiger partial charge on any atom is -0.744 e. The Hall–Kier alpha value is -4.96. The van der Waals surface area contributed by atoms with Crippen LogP contribution in [-0.4, -0.2) is 22.9 Å². The summed E-state index contributed by atoms with van der Waals surface area (Å²) in [6.07, 6.45) is 3.59. The first-order valence-corrected chi connectivity index (χ1v) is 25.8. The number of hydrogen-bond donors (Lipinski definition) is 2. The van der Waals surface area contributed by atoms with E-state index in [1.54, 1.807) is 30.5 Å². The number of aryl methyl sites for hydroxylation is 4. The van der Waals surface area contributed by atoms with Crippen molar-refractivity contribution in [2.75, 3.05) is 0 Å². The summed E-state index contributed by atoms with van der Waals surface area (Å²) < 4.78 is 160. The first-order valence-electron chi connectivity index (χ1n) is 18.3. The van der Waals surface area contributed by atoms with Crippen LogP contribution in [0.3, 0.4) is 0 Å². The minimum atomic E-state index is -9.61. The maximum Gasteiger partial charge on any atom is 0.310 e. The Labute approximate surface area is 368 Å². The van der Waals surface area contributed by atoms with Crippen LogP contribution < -0.4 is 21.2 Å². The van der Waals surface area contributed by atoms with E-state index in [0.29, 0.717) is 39.0 Å². The van der Waals surface area contributed by atoms with Crippen LogP contribution in [0.25, 0.3) is 32.9 Å². The van der Waals surface area contributed by atoms with Crippen molar-refractivity contribution < 1.29 is 73.0 Å². The third-order valence-electron chi connectivity index (χ3n) is 9.02. The molecule has 0 bridgehead atoms. The van der Waals surface area contributed by atoms with Crippen molar-refractivity contribution in [3.63, 3.8) is 0 Å². The molecule has 340 valence electrons. The van der Waals surface area contributed by atoms with Gasteiger partial charge >= 0.3 is 147 Å². The van der Waals surface area contributed by atoms with Crippen LogP contribution in [0.5, 0.6) is 0 Å². The maximum atomic E-state index is 12.7. The van der Waals surface area contributed by atoms with Gasteiger partial charge in [-0.05, 0) is 60.3 Å². The second-order valence-electron chi connectivity index (χ2n) is 14.3. The van der Waals surface area contributed by atoms with Crippen molar-refractivity contribution in [1.82, 2.24) is 9.97 Å². The van der Waals surface area contributed by atoms with Gasteiger partial charge in [0.15, 0.2) is 0 Å². The summed E-state index contributed by atoms with van der Waals surface area (Å²) >= 11 is -0.710. The van der Waals surface area contributed by atoms with Gasteiger partial charge in [-0.1, -0.05) is 85.7 Å². The molecule has 0 saturated heterocycles. The summed E-state index contributed by atoms with van der Waals surface area (Å²) in [6, 6.07) is 33.6. The van der Waals surface area contributed by atoms with Gasteiger partial charge in [0.2, 0.25) is 0 Å². The molecule has 0 atom stereocenters. The number of nitrogens with one attached hydrogen (secondary N) is 2. The van der Waals surface area contributed by atoms with E-state index in [1.807, 2.05) is 70.3 Å². The number of halogens is 11. The van der Waals surface area contributed by atoms with Crippen LogP contribution in [0.15, 0.2) is 167 Å². The fraction of sp³-hybridized carbons (Fsp3) is 0.0909. The van der Waals surface area contributed by atoms with Crippen molar-refractivity contribution in [2.45, 2.75) is 42.4 Å². The number of fused-ring (bicyclic) bond motifs is 2. The Balaban J connectivity index is 0.000000168. The predicted molar refractivity (Wildman–Crippen MR) is 228 cm³/mol. The molecular weight excluding hydrogens is 1020 g/mol. The number of aromatic amines is 2. The van der Waals surface area contributed by atoms with E-state index in [0.717, 1.165) is 48.9 Å². The fourth-order valence-corrected chi connectivity index (χ4v) is 10.4. The SMILES string of the molecule is Cc1cc(C)c([I-]c2ccc(S(F)(F)(F)(F)F)cc2)c(C)c1.Cc1ccc(S(=O)(=O)[O-])cc1.FS(F)(F)(F)(F)c1ccc(-c2c[nH]c3ccccc23)cc1.c1ccc2[nH]ccc2c1. The topological polar surface area (TPSA) is 88.8 Å². The van der Waals surface area contributed by atoms with Crippen molar-refractivity contribution in [2.24, 2.45) is 0 Å². The average molecular weight is 1060 g/mol. The third kappa shape index (κ3) is 13.8. The van der Waals surface area contributed by atoms with Gasteiger partial charge in [-0.2, -0.15) is 0 Å². The van der Waals surface area contributed by atoms with E-state index in [-0.39, 0.29) is 4.90 Å². The van der Waals surface area contributed by atoms with Crippen molar-refractivity contribution in [1.29, 1.82) is 0 Å². The van der Waals surface area contributed by atoms with Crippen LogP contribution >= 0.6 is 20.4 Å². The molecule has 5 nitrogen and oxygen atoms in total. The molecule has 8 aromatic rings. The van der Waals surface area contributed by atoms with Gasteiger partial charge in [-0.15, -0.1) is 0 Å². The number of hydrogen-bond acceptors (Lipinski definition) is 3. The predicted octanol–water partition coefficient (Wildman–Crippen LogP) is 13.0. The van der Waals surface area contributed by atoms with Crippen molar-refractivity contribution >= 4 is 52.4 Å². The molecule has 0 spiro atoms. The Morgan fingerprint density at radius 2 is 1.03 bits per heavy atom. The Morgan fingerprint density at radius 1 is 0.540 bits per heavy atom. The maximum absolute atomic E-state index is 12.7. The Bertz CT molecular complexity index is 2950. The molecule has 0 unspecified atom stereocenters. The number of H-pyrrole nitrogens is 2. The molecule has 0 amide bonds. The molecule has 0 saturated carbocycles. The van der Waals surface area contributed by atoms with E-state index in [4.69, 9.17) is 0 Å². The average Bonchev–Trinajstić information content (AvgIpc) is 3.83. The summed E-state index contributed by atoms with van der Waals surface area (Å²) in [5, 5.41) is 2.09. The molecule has 0 aliphatic carbocycles. The zero-order valence-corrected chi connectivity index (χ0v) is 38.1. The van der Waals surface area contributed by atoms with Crippen molar-refractivity contribution in [3.8, 4) is 11.1 Å². The smallest absolute Gasteiger partial charge is 0.310 e. The van der Waals surface area contributed by atoms with Crippen LogP contribution in [0.2, 0.25) is 0 Å². The molecule has 2 heterocycles. The first kappa shape index (κ1) is 49.1. The fourth-order valence-electron chi connectivity index (χ4n) is 6.08. The van der Waals surface area contributed by atoms with Gasteiger partial charge in [0.05, 0.1) is 4.90 Å². The molecule has 6 aromatic carbocycles. The monoisotopic (exact) mass is 1060 g/mol. The van der Waals surface area contributed by atoms with E-state index in [2.05, 4.69) is 28.2 Å². The zero-order chi connectivity index (χ0) is 46.8. The normalized spacial score (nSPS) is 14.1. The van der Waals surface area contributed by atoms with E-state index >= 15 is 0 Å². The molecule has 0 fully saturated rings. The van der Waals surface area contributed by atoms with Crippen LogP contribution in [0.4, 0.5) is 38.9 Å². The minimum absolute atomic E-state index is 0.178. The Kier molecular flexibility index (Phi) is 12.9. The molecule has 2 N–H and O–H groups in total. The van der Waals surface area contributed by atoms with E-state index in [9.17, 15) is 51.8 Å². The van der Waals surface area contributed by atoms with E-state index in [1.165, 1.54) is 35.2 Å². The third-order valence-corrected chi connectivity index (χ3v) is 15.8. The molecule has 0 aliphatic heterocycles. The Morgan fingerprint density at radius 3 is 1.54 bits per heavy atom. The van der Waals surface area contributed by atoms with Gasteiger partial charge in [0.1, 0.15) is 15.0 Å². The molecule has 19 heteroatoms. The summed E-state index contributed by atoms with van der Waals surface area (Å²) in [5.74, 6) is 0. The number of aromatic nitrogens is 2. The molecule has 0 radical (unpaired) electrons. The van der Waals surface area contributed by atoms with Gasteiger partial charge < -0.3 is 14.5 Å². The quantitative estimate of drug-likeness (QED) is 0.0988. The van der Waals surface area contributed by atoms with Gasteiger partial charge in [-0.3, -0.25) is 0 Å².